The van der Waals surface area contributed by atoms with Gasteiger partial charge in [-0.3, -0.25) is 0 Å². The van der Waals surface area contributed by atoms with Crippen LogP contribution in [0.5, 0.6) is 0 Å². The van der Waals surface area contributed by atoms with E-state index in [1.807, 2.05) is 0 Å². The van der Waals surface area contributed by atoms with Gasteiger partial charge in [0.25, 0.3) is 0 Å². The smallest absolute Gasteiger partial charge is 0.143 e. The molecule has 0 saturated heterocycles. The highest BCUT2D eigenvalue weighted by atomic mass is 35.5. The van der Waals surface area contributed by atoms with Crippen LogP contribution in [0.3, 0.4) is 0 Å². The first kappa shape index (κ1) is 11.9. The van der Waals surface area contributed by atoms with Gasteiger partial charge in [-0.05, 0) is 24.4 Å². The summed E-state index contributed by atoms with van der Waals surface area (Å²) < 4.78 is 3.95. The molecule has 0 atom stereocenters. The molecule has 0 fully saturated rings. The van der Waals surface area contributed by atoms with Gasteiger partial charge in [0.15, 0.2) is 5.01 Å². The van der Waals surface area contributed by atoms with Gasteiger partial charge in [0.1, 0.15) is 9.88 Å². The summed E-state index contributed by atoms with van der Waals surface area (Å²) in [4.78, 5) is 1.05. The zero-order chi connectivity index (χ0) is 11.4. The monoisotopic (exact) mass is 274 g/mol. The summed E-state index contributed by atoms with van der Waals surface area (Å²) in [5.74, 6) is 0.664. The van der Waals surface area contributed by atoms with E-state index < -0.39 is 0 Å². The van der Waals surface area contributed by atoms with Gasteiger partial charge in [0.05, 0.1) is 5.69 Å². The highest BCUT2D eigenvalue weighted by Crippen LogP contribution is 2.29. The second-order valence-electron chi connectivity index (χ2n) is 3.20. The van der Waals surface area contributed by atoms with Gasteiger partial charge in [0, 0.05) is 12.3 Å². The number of alkyl halides is 1. The average molecular weight is 275 g/mol. The van der Waals surface area contributed by atoms with Crippen LogP contribution in [0.4, 0.5) is 0 Å². The minimum absolute atomic E-state index is 0.664. The van der Waals surface area contributed by atoms with Crippen molar-refractivity contribution in [2.45, 2.75) is 26.2 Å². The van der Waals surface area contributed by atoms with E-state index in [1.54, 1.807) is 11.3 Å². The number of nitrogens with zero attached hydrogens (tertiary/aromatic N) is 4. The summed E-state index contributed by atoms with van der Waals surface area (Å²) in [5.41, 5.74) is 1.00. The molecule has 0 unspecified atom stereocenters. The second-order valence-corrected chi connectivity index (χ2v) is 5.39. The molecule has 2 rings (SSSR count). The van der Waals surface area contributed by atoms with Crippen LogP contribution < -0.4 is 0 Å². The quantitative estimate of drug-likeness (QED) is 0.787. The number of halogens is 1. The number of aromatic nitrogens is 4. The van der Waals surface area contributed by atoms with E-state index in [0.717, 1.165) is 39.8 Å². The lowest BCUT2D eigenvalue weighted by Crippen LogP contribution is -1.84. The molecule has 86 valence electrons. The Labute approximate surface area is 107 Å². The Kier molecular flexibility index (Phi) is 4.20. The molecule has 0 spiro atoms. The molecule has 0 bridgehead atoms. The zero-order valence-corrected chi connectivity index (χ0v) is 11.2. The topological polar surface area (TPSA) is 51.6 Å². The Morgan fingerprint density at radius 3 is 2.88 bits per heavy atom. The van der Waals surface area contributed by atoms with Crippen molar-refractivity contribution in [3.8, 4) is 9.88 Å². The number of hydrogen-bond acceptors (Lipinski definition) is 6. The van der Waals surface area contributed by atoms with Gasteiger partial charge in [-0.2, -0.15) is 0 Å². The van der Waals surface area contributed by atoms with E-state index >= 15 is 0 Å². The van der Waals surface area contributed by atoms with Crippen molar-refractivity contribution in [3.63, 3.8) is 0 Å². The summed E-state index contributed by atoms with van der Waals surface area (Å²) in [6.45, 7) is 2.07. The minimum atomic E-state index is 0.664. The van der Waals surface area contributed by atoms with E-state index in [1.165, 1.54) is 11.5 Å². The van der Waals surface area contributed by atoms with Gasteiger partial charge in [-0.15, -0.1) is 26.9 Å². The van der Waals surface area contributed by atoms with Crippen LogP contribution in [0, 0.1) is 0 Å². The molecule has 0 aliphatic carbocycles. The number of rotatable bonds is 5. The van der Waals surface area contributed by atoms with E-state index in [9.17, 15) is 0 Å². The van der Waals surface area contributed by atoms with Crippen LogP contribution in [-0.2, 0) is 12.8 Å². The van der Waals surface area contributed by atoms with E-state index in [2.05, 4.69) is 26.7 Å². The van der Waals surface area contributed by atoms with Gasteiger partial charge in [-0.25, -0.2) is 0 Å². The molecule has 2 heterocycles. The average Bonchev–Trinajstić information content (AvgIpc) is 2.94. The lowest BCUT2D eigenvalue weighted by atomic mass is 10.3. The van der Waals surface area contributed by atoms with Crippen LogP contribution >= 0.6 is 34.5 Å². The fourth-order valence-electron chi connectivity index (χ4n) is 1.27. The predicted octanol–water partition coefficient (Wildman–Crippen LogP) is 2.79. The number of hydrogen-bond donors (Lipinski definition) is 0. The van der Waals surface area contributed by atoms with Crippen molar-refractivity contribution in [3.05, 3.63) is 10.7 Å². The van der Waals surface area contributed by atoms with Crippen molar-refractivity contribution in [1.29, 1.82) is 0 Å². The van der Waals surface area contributed by atoms with Crippen molar-refractivity contribution < 1.29 is 0 Å². The molecular weight excluding hydrogens is 264 g/mol. The Bertz CT molecular complexity index is 454. The lowest BCUT2D eigenvalue weighted by Gasteiger charge is -1.90. The van der Waals surface area contributed by atoms with E-state index in [4.69, 9.17) is 11.6 Å². The molecular formula is C9H11ClN4S2. The molecule has 7 heteroatoms. The first-order chi connectivity index (χ1) is 7.85. The maximum absolute atomic E-state index is 5.64. The molecule has 0 amide bonds. The van der Waals surface area contributed by atoms with E-state index in [-0.39, 0.29) is 0 Å². The fourth-order valence-corrected chi connectivity index (χ4v) is 3.11. The standard InChI is InChI=1S/C9H11ClN4S2/c1-2-6-8(16-14-11-6)9-13-12-7(15-9)4-3-5-10/h2-5H2,1H3. The fraction of sp³-hybridized carbons (Fsp3) is 0.556. The maximum atomic E-state index is 5.64. The SMILES string of the molecule is CCc1nnsc1-c1nnc(CCCCl)s1. The van der Waals surface area contributed by atoms with Crippen LogP contribution in [-0.4, -0.2) is 25.7 Å². The summed E-state index contributed by atoms with van der Waals surface area (Å²) in [6, 6.07) is 0. The first-order valence-corrected chi connectivity index (χ1v) is 7.17. The summed E-state index contributed by atoms with van der Waals surface area (Å²) in [5, 5.41) is 14.4. The van der Waals surface area contributed by atoms with E-state index in [0.29, 0.717) is 5.88 Å². The summed E-state index contributed by atoms with van der Waals surface area (Å²) in [6.07, 6.45) is 2.72. The second kappa shape index (κ2) is 5.65. The Balaban J connectivity index is 2.18. The molecule has 0 aliphatic heterocycles. The highest BCUT2D eigenvalue weighted by molar-refractivity contribution is 7.19. The Hall–Kier alpha value is -0.590. The normalized spacial score (nSPS) is 10.9. The summed E-state index contributed by atoms with van der Waals surface area (Å²) in [7, 11) is 0. The molecule has 4 nitrogen and oxygen atoms in total. The largest absolute Gasteiger partial charge is 0.161 e. The van der Waals surface area contributed by atoms with Crippen molar-refractivity contribution in [2.75, 3.05) is 5.88 Å². The number of aryl methyl sites for hydroxylation is 2. The highest BCUT2D eigenvalue weighted by Gasteiger charge is 2.13. The van der Waals surface area contributed by atoms with Crippen molar-refractivity contribution in [1.82, 2.24) is 19.8 Å². The lowest BCUT2D eigenvalue weighted by molar-refractivity contribution is 0.884. The molecule has 0 saturated carbocycles. The summed E-state index contributed by atoms with van der Waals surface area (Å²) >= 11 is 8.64. The Morgan fingerprint density at radius 2 is 2.12 bits per heavy atom. The maximum Gasteiger partial charge on any atom is 0.161 e. The Morgan fingerprint density at radius 1 is 1.25 bits per heavy atom. The minimum Gasteiger partial charge on any atom is -0.143 e. The van der Waals surface area contributed by atoms with Crippen LogP contribution in [0.2, 0.25) is 0 Å². The first-order valence-electron chi connectivity index (χ1n) is 5.05. The third-order valence-corrected chi connectivity index (χ3v) is 4.25. The van der Waals surface area contributed by atoms with Crippen LogP contribution in [0.1, 0.15) is 24.0 Å². The van der Waals surface area contributed by atoms with Crippen molar-refractivity contribution >= 4 is 34.5 Å². The van der Waals surface area contributed by atoms with Crippen molar-refractivity contribution in [2.24, 2.45) is 0 Å². The molecule has 0 N–H and O–H groups in total. The molecule has 16 heavy (non-hydrogen) atoms. The predicted molar refractivity (Wildman–Crippen MR) is 67.2 cm³/mol. The van der Waals surface area contributed by atoms with Gasteiger partial charge >= 0.3 is 0 Å². The third-order valence-electron chi connectivity index (χ3n) is 2.08. The molecule has 0 radical (unpaired) electrons. The van der Waals surface area contributed by atoms with Crippen LogP contribution in [0.25, 0.3) is 9.88 Å². The molecule has 2 aromatic heterocycles. The van der Waals surface area contributed by atoms with Gasteiger partial charge in [-0.1, -0.05) is 22.7 Å². The molecule has 0 aliphatic rings. The van der Waals surface area contributed by atoms with Crippen LogP contribution in [0.15, 0.2) is 0 Å². The van der Waals surface area contributed by atoms with Gasteiger partial charge < -0.3 is 0 Å². The van der Waals surface area contributed by atoms with Gasteiger partial charge in [0.2, 0.25) is 0 Å². The third kappa shape index (κ3) is 2.56. The zero-order valence-electron chi connectivity index (χ0n) is 8.81. The molecule has 2 aromatic rings. The molecule has 0 aromatic carbocycles.